The lowest BCUT2D eigenvalue weighted by Crippen LogP contribution is -2.41. The van der Waals surface area contributed by atoms with Crippen molar-refractivity contribution in [3.05, 3.63) is 63.8 Å². The second-order valence-electron chi connectivity index (χ2n) is 5.29. The van der Waals surface area contributed by atoms with Crippen molar-refractivity contribution in [1.29, 1.82) is 0 Å². The number of benzene rings is 2. The van der Waals surface area contributed by atoms with Gasteiger partial charge in [0.05, 0.1) is 4.87 Å². The Labute approximate surface area is 133 Å². The van der Waals surface area contributed by atoms with Gasteiger partial charge >= 0.3 is 0 Å². The number of aromatic hydroxyl groups is 1. The number of hydroxylamine groups is 2. The van der Waals surface area contributed by atoms with E-state index in [0.29, 0.717) is 10.6 Å². The van der Waals surface area contributed by atoms with E-state index in [4.69, 9.17) is 11.6 Å². The van der Waals surface area contributed by atoms with Crippen molar-refractivity contribution in [3.63, 3.8) is 0 Å². The van der Waals surface area contributed by atoms with Gasteiger partial charge in [-0.05, 0) is 43.7 Å². The molecule has 0 fully saturated rings. The molecule has 0 saturated carbocycles. The fourth-order valence-electron chi connectivity index (χ4n) is 2.73. The van der Waals surface area contributed by atoms with E-state index in [1.807, 2.05) is 38.1 Å². The average molecular weight is 321 g/mol. The number of hydrogen-bond acceptors (Lipinski definition) is 4. The van der Waals surface area contributed by atoms with Crippen molar-refractivity contribution < 1.29 is 5.11 Å². The van der Waals surface area contributed by atoms with Gasteiger partial charge in [-0.2, -0.15) is 0 Å². The topological polar surface area (TPSA) is 46.5 Å². The van der Waals surface area contributed by atoms with Crippen LogP contribution < -0.4 is 0 Å². The second kappa shape index (κ2) is 5.21. The van der Waals surface area contributed by atoms with Crippen molar-refractivity contribution in [2.45, 2.75) is 29.7 Å². The monoisotopic (exact) mass is 320 g/mol. The number of phenolic OH excluding ortho intramolecular Hbond substituents is 1. The fraction of sp³-hybridized carbons (Fsp3) is 0.250. The zero-order chi connectivity index (χ0) is 15.2. The molecule has 1 heterocycles. The first-order chi connectivity index (χ1) is 9.93. The third-order valence-corrected chi connectivity index (χ3v) is 5.53. The van der Waals surface area contributed by atoms with Gasteiger partial charge in [0.2, 0.25) is 0 Å². The molecule has 1 aliphatic heterocycles. The van der Waals surface area contributed by atoms with E-state index in [1.54, 1.807) is 12.1 Å². The Kier molecular flexibility index (Phi) is 3.66. The van der Waals surface area contributed by atoms with Crippen LogP contribution in [-0.2, 0) is 4.87 Å². The van der Waals surface area contributed by atoms with Crippen molar-refractivity contribution in [3.8, 4) is 5.75 Å². The number of nitrogens with zero attached hydrogens (tertiary/aromatic N) is 1. The molecular formula is C16H15ClNO2S-. The summed E-state index contributed by atoms with van der Waals surface area (Å²) in [6.07, 6.45) is 0. The number of thioether (sulfide) groups is 1. The van der Waals surface area contributed by atoms with E-state index in [0.717, 1.165) is 15.5 Å². The summed E-state index contributed by atoms with van der Waals surface area (Å²) in [5, 5.41) is 24.5. The van der Waals surface area contributed by atoms with Crippen LogP contribution >= 0.6 is 23.4 Å². The van der Waals surface area contributed by atoms with Crippen LogP contribution in [-0.4, -0.2) is 10.2 Å². The molecule has 0 saturated heterocycles. The molecule has 0 radical (unpaired) electrons. The van der Waals surface area contributed by atoms with Gasteiger partial charge in [-0.1, -0.05) is 41.6 Å². The van der Waals surface area contributed by atoms with E-state index in [1.165, 1.54) is 17.8 Å². The smallest absolute Gasteiger partial charge is 0.121 e. The average Bonchev–Trinajstić information content (AvgIpc) is 2.47. The van der Waals surface area contributed by atoms with Crippen LogP contribution in [0.3, 0.4) is 0 Å². The first kappa shape index (κ1) is 14.7. The van der Waals surface area contributed by atoms with Gasteiger partial charge in [0.25, 0.3) is 0 Å². The first-order valence-corrected chi connectivity index (χ1v) is 7.86. The maximum Gasteiger partial charge on any atom is 0.121 e. The molecule has 21 heavy (non-hydrogen) atoms. The minimum Gasteiger partial charge on any atom is -0.784 e. The normalized spacial score (nSPS) is 25.6. The largest absolute Gasteiger partial charge is 0.784 e. The van der Waals surface area contributed by atoms with Crippen molar-refractivity contribution in [2.24, 2.45) is 0 Å². The summed E-state index contributed by atoms with van der Waals surface area (Å²) < 4.78 is 0. The molecule has 0 aliphatic carbocycles. The Morgan fingerprint density at radius 2 is 2.00 bits per heavy atom. The zero-order valence-corrected chi connectivity index (χ0v) is 13.3. The van der Waals surface area contributed by atoms with E-state index >= 15 is 0 Å². The molecule has 0 bridgehead atoms. The lowest BCUT2D eigenvalue weighted by molar-refractivity contribution is 0.191. The number of phenols is 1. The highest BCUT2D eigenvalue weighted by molar-refractivity contribution is 8.00. The molecule has 3 nitrogen and oxygen atoms in total. The summed E-state index contributed by atoms with van der Waals surface area (Å²) in [6, 6.07) is 12.4. The van der Waals surface area contributed by atoms with Gasteiger partial charge in [-0.25, -0.2) is 0 Å². The summed E-state index contributed by atoms with van der Waals surface area (Å²) in [4.78, 5) is 0.141. The van der Waals surface area contributed by atoms with Gasteiger partial charge in [0, 0.05) is 21.5 Å². The quantitative estimate of drug-likeness (QED) is 0.813. The molecule has 110 valence electrons. The molecule has 2 aromatic rings. The predicted molar refractivity (Wildman–Crippen MR) is 86.4 cm³/mol. The van der Waals surface area contributed by atoms with E-state index in [9.17, 15) is 10.3 Å². The molecule has 5 heteroatoms. The summed E-state index contributed by atoms with van der Waals surface area (Å²) in [5.41, 5.74) is 1.55. The maximum atomic E-state index is 12.8. The Balaban J connectivity index is 2.16. The SMILES string of the molecule is CC1c2ccccc2SC(C)(c2cc(Cl)ccc2O)N1[O-]. The summed E-state index contributed by atoms with van der Waals surface area (Å²) in [5.74, 6) is 0.0850. The van der Waals surface area contributed by atoms with Gasteiger partial charge in [0.1, 0.15) is 5.75 Å². The van der Waals surface area contributed by atoms with Crippen LogP contribution in [0.15, 0.2) is 47.4 Å². The van der Waals surface area contributed by atoms with E-state index < -0.39 is 4.87 Å². The third-order valence-electron chi connectivity index (χ3n) is 3.91. The lowest BCUT2D eigenvalue weighted by atomic mass is 10.0. The second-order valence-corrected chi connectivity index (χ2v) is 7.16. The summed E-state index contributed by atoms with van der Waals surface area (Å²) in [7, 11) is 0. The molecule has 2 atom stereocenters. The first-order valence-electron chi connectivity index (χ1n) is 6.67. The summed E-state index contributed by atoms with van der Waals surface area (Å²) in [6.45, 7) is 3.70. The standard InChI is InChI=1S/C16H15ClNO2S/c1-10-12-5-3-4-6-15(12)21-16(2,18(10)20)13-9-11(17)7-8-14(13)19/h3-10,19H,1-2H3/q-1. The molecule has 2 aromatic carbocycles. The van der Waals surface area contributed by atoms with Crippen molar-refractivity contribution in [1.82, 2.24) is 5.06 Å². The van der Waals surface area contributed by atoms with E-state index in [-0.39, 0.29) is 11.8 Å². The van der Waals surface area contributed by atoms with Crippen molar-refractivity contribution >= 4 is 23.4 Å². The highest BCUT2D eigenvalue weighted by atomic mass is 35.5. The molecule has 1 aliphatic rings. The third kappa shape index (κ3) is 2.32. The predicted octanol–water partition coefficient (Wildman–Crippen LogP) is 4.89. The minimum atomic E-state index is -0.914. The van der Waals surface area contributed by atoms with Crippen molar-refractivity contribution in [2.75, 3.05) is 0 Å². The Bertz CT molecular complexity index is 694. The fourth-order valence-corrected chi connectivity index (χ4v) is 4.35. The molecule has 0 aromatic heterocycles. The van der Waals surface area contributed by atoms with Crippen LogP contribution in [0.5, 0.6) is 5.75 Å². The van der Waals surface area contributed by atoms with Crippen LogP contribution in [0.1, 0.15) is 31.0 Å². The Hall–Kier alpha value is -1.20. The van der Waals surface area contributed by atoms with Crippen LogP contribution in [0.25, 0.3) is 0 Å². The van der Waals surface area contributed by atoms with Gasteiger partial charge in [-0.3, -0.25) is 0 Å². The number of rotatable bonds is 1. The highest BCUT2D eigenvalue weighted by Gasteiger charge is 2.39. The molecular weight excluding hydrogens is 306 g/mol. The minimum absolute atomic E-state index is 0.0850. The Morgan fingerprint density at radius 1 is 1.29 bits per heavy atom. The van der Waals surface area contributed by atoms with Crippen LogP contribution in [0.4, 0.5) is 0 Å². The van der Waals surface area contributed by atoms with Crippen LogP contribution in [0, 0.1) is 5.21 Å². The molecule has 0 amide bonds. The van der Waals surface area contributed by atoms with Gasteiger partial charge in [0.15, 0.2) is 0 Å². The van der Waals surface area contributed by atoms with Crippen LogP contribution in [0.2, 0.25) is 5.02 Å². The van der Waals surface area contributed by atoms with E-state index in [2.05, 4.69) is 0 Å². The van der Waals surface area contributed by atoms with Gasteiger partial charge < -0.3 is 15.4 Å². The number of hydrogen-bond donors (Lipinski definition) is 1. The lowest BCUT2D eigenvalue weighted by Gasteiger charge is -2.53. The maximum absolute atomic E-state index is 12.8. The summed E-state index contributed by atoms with van der Waals surface area (Å²) >= 11 is 7.48. The number of fused-ring (bicyclic) bond motifs is 1. The zero-order valence-electron chi connectivity index (χ0n) is 11.7. The Morgan fingerprint density at radius 3 is 2.76 bits per heavy atom. The highest BCUT2D eigenvalue weighted by Crippen LogP contribution is 2.54. The molecule has 0 spiro atoms. The van der Waals surface area contributed by atoms with Gasteiger partial charge in [-0.15, -0.1) is 0 Å². The number of halogens is 1. The molecule has 1 N–H and O–H groups in total. The molecule has 2 unspecified atom stereocenters. The molecule has 3 rings (SSSR count).